The summed E-state index contributed by atoms with van der Waals surface area (Å²) < 4.78 is 0. The predicted octanol–water partition coefficient (Wildman–Crippen LogP) is 3.68. The van der Waals surface area contributed by atoms with Crippen molar-refractivity contribution in [2.75, 3.05) is 20.6 Å². The fraction of sp³-hybridized carbons (Fsp3) is 0.250. The zero-order chi connectivity index (χ0) is 16.4. The van der Waals surface area contributed by atoms with Gasteiger partial charge in [0.25, 0.3) is 0 Å². The first kappa shape index (κ1) is 15.5. The van der Waals surface area contributed by atoms with Gasteiger partial charge in [-0.2, -0.15) is 0 Å². The van der Waals surface area contributed by atoms with Gasteiger partial charge in [-0.25, -0.2) is 0 Å². The van der Waals surface area contributed by atoms with Crippen molar-refractivity contribution in [2.45, 2.75) is 12.8 Å². The molecule has 0 aromatic heterocycles. The van der Waals surface area contributed by atoms with Gasteiger partial charge in [0.15, 0.2) is 0 Å². The molecule has 23 heavy (non-hydrogen) atoms. The van der Waals surface area contributed by atoms with Gasteiger partial charge in [-0.05, 0) is 60.0 Å². The van der Waals surface area contributed by atoms with Gasteiger partial charge in [-0.1, -0.05) is 42.5 Å². The number of rotatable bonds is 5. The van der Waals surface area contributed by atoms with Crippen LogP contribution in [0.25, 0.3) is 16.7 Å². The predicted molar refractivity (Wildman–Crippen MR) is 93.5 cm³/mol. The molecular formula is C20H21NO2. The number of aliphatic carboxylic acids is 1. The Morgan fingerprint density at radius 3 is 2.43 bits per heavy atom. The largest absolute Gasteiger partial charge is 0.481 e. The molecule has 0 amide bonds. The molecule has 0 atom stereocenters. The maximum atomic E-state index is 11.0. The van der Waals surface area contributed by atoms with Crippen LogP contribution in [0.15, 0.2) is 48.5 Å². The number of carboxylic acids is 1. The van der Waals surface area contributed by atoms with Crippen molar-refractivity contribution < 1.29 is 9.90 Å². The third-order valence-corrected chi connectivity index (χ3v) is 4.16. The average molecular weight is 307 g/mol. The van der Waals surface area contributed by atoms with Gasteiger partial charge < -0.3 is 10.0 Å². The normalized spacial score (nSPS) is 14.1. The highest BCUT2D eigenvalue weighted by molar-refractivity contribution is 6.01. The molecule has 1 aliphatic rings. The van der Waals surface area contributed by atoms with Crippen LogP contribution >= 0.6 is 0 Å². The number of fused-ring (bicyclic) bond motifs is 3. The first-order valence-electron chi connectivity index (χ1n) is 7.86. The summed E-state index contributed by atoms with van der Waals surface area (Å²) in [5, 5.41) is 9.04. The molecule has 3 nitrogen and oxygen atoms in total. The average Bonchev–Trinajstić information content (AvgIpc) is 2.80. The highest BCUT2D eigenvalue weighted by atomic mass is 16.4. The van der Waals surface area contributed by atoms with Crippen molar-refractivity contribution in [3.05, 3.63) is 65.2 Å². The Balaban J connectivity index is 2.04. The lowest BCUT2D eigenvalue weighted by molar-refractivity contribution is -0.136. The molecule has 1 aliphatic carbocycles. The number of nitrogens with zero attached hydrogens (tertiary/aromatic N) is 1. The molecule has 3 rings (SSSR count). The fourth-order valence-corrected chi connectivity index (χ4v) is 3.12. The van der Waals surface area contributed by atoms with E-state index in [0.717, 1.165) is 24.1 Å². The summed E-state index contributed by atoms with van der Waals surface area (Å²) in [6.07, 6.45) is 3.31. The molecule has 2 aromatic rings. The zero-order valence-electron chi connectivity index (χ0n) is 13.5. The lowest BCUT2D eigenvalue weighted by Crippen LogP contribution is -2.12. The minimum atomic E-state index is -0.793. The van der Waals surface area contributed by atoms with E-state index in [1.807, 2.05) is 12.1 Å². The lowest BCUT2D eigenvalue weighted by atomic mass is 9.99. The van der Waals surface area contributed by atoms with E-state index in [2.05, 4.69) is 55.4 Å². The summed E-state index contributed by atoms with van der Waals surface area (Å²) in [7, 11) is 4.14. The van der Waals surface area contributed by atoms with Crippen molar-refractivity contribution in [2.24, 2.45) is 0 Å². The molecule has 0 radical (unpaired) electrons. The molecule has 0 bridgehead atoms. The Labute approximate surface area is 136 Å². The van der Waals surface area contributed by atoms with Crippen LogP contribution in [0.3, 0.4) is 0 Å². The number of carbonyl (C=O) groups is 1. The van der Waals surface area contributed by atoms with E-state index in [9.17, 15) is 4.79 Å². The lowest BCUT2D eigenvalue weighted by Gasteiger charge is -2.08. The van der Waals surface area contributed by atoms with Crippen LogP contribution in [0.4, 0.5) is 0 Å². The Morgan fingerprint density at radius 2 is 1.74 bits per heavy atom. The summed E-state index contributed by atoms with van der Waals surface area (Å²) in [5.41, 5.74) is 6.91. The van der Waals surface area contributed by atoms with E-state index in [4.69, 9.17) is 5.11 Å². The number of hydrogen-bond acceptors (Lipinski definition) is 2. The van der Waals surface area contributed by atoms with Gasteiger partial charge in [0.1, 0.15) is 0 Å². The van der Waals surface area contributed by atoms with Crippen LogP contribution in [-0.4, -0.2) is 36.6 Å². The van der Waals surface area contributed by atoms with Crippen LogP contribution < -0.4 is 0 Å². The zero-order valence-corrected chi connectivity index (χ0v) is 13.5. The third-order valence-electron chi connectivity index (χ3n) is 4.16. The van der Waals surface area contributed by atoms with Gasteiger partial charge in [-0.15, -0.1) is 0 Å². The van der Waals surface area contributed by atoms with Crippen molar-refractivity contribution in [3.8, 4) is 11.1 Å². The molecule has 1 N–H and O–H groups in total. The van der Waals surface area contributed by atoms with Crippen LogP contribution in [-0.2, 0) is 11.2 Å². The summed E-state index contributed by atoms with van der Waals surface area (Å²) in [6, 6.07) is 14.4. The first-order valence-corrected chi connectivity index (χ1v) is 7.86. The summed E-state index contributed by atoms with van der Waals surface area (Å²) >= 11 is 0. The Morgan fingerprint density at radius 1 is 1.04 bits per heavy atom. The van der Waals surface area contributed by atoms with Gasteiger partial charge >= 0.3 is 5.97 Å². The van der Waals surface area contributed by atoms with Crippen LogP contribution in [0.5, 0.6) is 0 Å². The van der Waals surface area contributed by atoms with Gasteiger partial charge in [0.05, 0.1) is 6.42 Å². The Hall–Kier alpha value is -2.39. The monoisotopic (exact) mass is 307 g/mol. The van der Waals surface area contributed by atoms with Crippen molar-refractivity contribution in [1.29, 1.82) is 0 Å². The quantitative estimate of drug-likeness (QED) is 0.782. The molecule has 0 saturated carbocycles. The van der Waals surface area contributed by atoms with Crippen molar-refractivity contribution in [3.63, 3.8) is 0 Å². The molecule has 3 heteroatoms. The third kappa shape index (κ3) is 3.20. The fourth-order valence-electron chi connectivity index (χ4n) is 3.12. The van der Waals surface area contributed by atoms with Gasteiger partial charge in [0.2, 0.25) is 0 Å². The summed E-state index contributed by atoms with van der Waals surface area (Å²) in [6.45, 7) is 0.996. The molecule has 0 spiro atoms. The van der Waals surface area contributed by atoms with Gasteiger partial charge in [0, 0.05) is 6.54 Å². The standard InChI is InChI=1S/C20H21NO2/c1-21(2)11-5-8-17-15-6-3-4-7-16(15)18-10-9-14(12-19(17)18)13-20(22)23/h3-4,6-10,12H,5,11,13H2,1-2H3,(H,22,23)/b17-8-. The molecule has 118 valence electrons. The Bertz CT molecular complexity index is 775. The summed E-state index contributed by atoms with van der Waals surface area (Å²) in [4.78, 5) is 13.2. The van der Waals surface area contributed by atoms with Crippen LogP contribution in [0.1, 0.15) is 23.1 Å². The maximum absolute atomic E-state index is 11.0. The van der Waals surface area contributed by atoms with Crippen molar-refractivity contribution >= 4 is 11.5 Å². The maximum Gasteiger partial charge on any atom is 0.307 e. The van der Waals surface area contributed by atoms with E-state index in [1.165, 1.54) is 22.3 Å². The SMILES string of the molecule is CN(C)CC/C=C1/c2ccccc2-c2ccc(CC(=O)O)cc21. The highest BCUT2D eigenvalue weighted by Gasteiger charge is 2.23. The molecule has 0 aliphatic heterocycles. The minimum Gasteiger partial charge on any atom is -0.481 e. The second-order valence-corrected chi connectivity index (χ2v) is 6.21. The number of carboxylic acid groups (broad SMARTS) is 1. The second kappa shape index (κ2) is 6.39. The van der Waals surface area contributed by atoms with Crippen molar-refractivity contribution in [1.82, 2.24) is 4.90 Å². The minimum absolute atomic E-state index is 0.0641. The molecule has 2 aromatic carbocycles. The molecule has 0 fully saturated rings. The summed E-state index contributed by atoms with van der Waals surface area (Å²) in [5.74, 6) is -0.793. The van der Waals surface area contributed by atoms with E-state index in [-0.39, 0.29) is 6.42 Å². The Kier molecular flexibility index (Phi) is 4.30. The second-order valence-electron chi connectivity index (χ2n) is 6.21. The smallest absolute Gasteiger partial charge is 0.307 e. The first-order chi connectivity index (χ1) is 11.1. The van der Waals surface area contributed by atoms with Crippen LogP contribution in [0, 0.1) is 0 Å². The van der Waals surface area contributed by atoms with Gasteiger partial charge in [-0.3, -0.25) is 4.79 Å². The van der Waals surface area contributed by atoms with E-state index >= 15 is 0 Å². The molecule has 0 saturated heterocycles. The molecule has 0 heterocycles. The molecule has 0 unspecified atom stereocenters. The topological polar surface area (TPSA) is 40.5 Å². The molecular weight excluding hydrogens is 286 g/mol. The van der Waals surface area contributed by atoms with E-state index in [1.54, 1.807) is 0 Å². The number of hydrogen-bond donors (Lipinski definition) is 1. The van der Waals surface area contributed by atoms with E-state index < -0.39 is 5.97 Å². The van der Waals surface area contributed by atoms with Crippen LogP contribution in [0.2, 0.25) is 0 Å². The number of benzene rings is 2. The van der Waals surface area contributed by atoms with E-state index in [0.29, 0.717) is 0 Å². The highest BCUT2D eigenvalue weighted by Crippen LogP contribution is 2.44.